The third-order valence-corrected chi connectivity index (χ3v) is 4.83. The molecular formula is C12H20O2. The average Bonchev–Trinajstić information content (AvgIpc) is 1.94. The van der Waals surface area contributed by atoms with Crippen LogP contribution < -0.4 is 0 Å². The quantitative estimate of drug-likeness (QED) is 0.619. The lowest BCUT2D eigenvalue weighted by Crippen LogP contribution is -2.66. The van der Waals surface area contributed by atoms with Crippen LogP contribution in [0, 0.1) is 16.7 Å². The molecule has 0 spiro atoms. The van der Waals surface area contributed by atoms with Crippen LogP contribution in [-0.2, 0) is 0 Å². The molecular weight excluding hydrogens is 176 g/mol. The van der Waals surface area contributed by atoms with Gasteiger partial charge in [0.15, 0.2) is 0 Å². The molecule has 0 heterocycles. The summed E-state index contributed by atoms with van der Waals surface area (Å²) in [5, 5.41) is 20.5. The van der Waals surface area contributed by atoms with Gasteiger partial charge in [0.25, 0.3) is 0 Å². The van der Waals surface area contributed by atoms with Crippen molar-refractivity contribution in [2.45, 2.75) is 57.7 Å². The van der Waals surface area contributed by atoms with Crippen LogP contribution in [0.15, 0.2) is 0 Å². The van der Waals surface area contributed by atoms with E-state index in [0.29, 0.717) is 16.7 Å². The summed E-state index contributed by atoms with van der Waals surface area (Å²) in [4.78, 5) is 0. The Kier molecular flexibility index (Phi) is 1.44. The third-order valence-electron chi connectivity index (χ3n) is 4.83. The van der Waals surface area contributed by atoms with Crippen molar-refractivity contribution in [3.63, 3.8) is 0 Å². The molecule has 0 aromatic heterocycles. The first-order chi connectivity index (χ1) is 6.34. The van der Waals surface area contributed by atoms with Crippen molar-refractivity contribution in [3.8, 4) is 0 Å². The summed E-state index contributed by atoms with van der Waals surface area (Å²) in [5.41, 5.74) is -0.170. The summed E-state index contributed by atoms with van der Waals surface area (Å²) < 4.78 is 0. The molecule has 4 saturated carbocycles. The van der Waals surface area contributed by atoms with Gasteiger partial charge in [-0.15, -0.1) is 0 Å². The summed E-state index contributed by atoms with van der Waals surface area (Å²) in [6.45, 7) is 4.57. The second-order valence-corrected chi connectivity index (χ2v) is 6.87. The van der Waals surface area contributed by atoms with Crippen molar-refractivity contribution in [1.29, 1.82) is 0 Å². The Morgan fingerprint density at radius 3 is 1.93 bits per heavy atom. The lowest BCUT2D eigenvalue weighted by Gasteiger charge is -2.65. The lowest BCUT2D eigenvalue weighted by atomic mass is 9.43. The average molecular weight is 196 g/mol. The minimum absolute atomic E-state index is 0.296. The van der Waals surface area contributed by atoms with Crippen molar-refractivity contribution in [3.05, 3.63) is 0 Å². The van der Waals surface area contributed by atoms with E-state index >= 15 is 0 Å². The van der Waals surface area contributed by atoms with Crippen molar-refractivity contribution in [2.75, 3.05) is 0 Å². The van der Waals surface area contributed by atoms with Crippen LogP contribution in [0.2, 0.25) is 0 Å². The van der Waals surface area contributed by atoms with E-state index in [0.717, 1.165) is 25.7 Å². The Morgan fingerprint density at radius 1 is 1.00 bits per heavy atom. The van der Waals surface area contributed by atoms with Crippen LogP contribution in [0.4, 0.5) is 0 Å². The highest BCUT2D eigenvalue weighted by molar-refractivity contribution is 5.14. The Hall–Kier alpha value is -0.0800. The first-order valence-corrected chi connectivity index (χ1v) is 5.75. The molecule has 3 atom stereocenters. The van der Waals surface area contributed by atoms with Gasteiger partial charge in [-0.3, -0.25) is 0 Å². The zero-order valence-electron chi connectivity index (χ0n) is 9.08. The summed E-state index contributed by atoms with van der Waals surface area (Å²) in [5.74, 6) is 0.353. The van der Waals surface area contributed by atoms with E-state index in [4.69, 9.17) is 0 Å². The minimum Gasteiger partial charge on any atom is -0.390 e. The molecule has 0 amide bonds. The molecule has 4 aliphatic carbocycles. The van der Waals surface area contributed by atoms with Crippen LogP contribution in [0.5, 0.6) is 0 Å². The smallest absolute Gasteiger partial charge is 0.0918 e. The van der Waals surface area contributed by atoms with Crippen LogP contribution in [0.3, 0.4) is 0 Å². The molecule has 2 nitrogen and oxygen atoms in total. The number of hydrogen-bond acceptors (Lipinski definition) is 2. The van der Waals surface area contributed by atoms with Gasteiger partial charge in [0.1, 0.15) is 0 Å². The van der Waals surface area contributed by atoms with Gasteiger partial charge in [0.05, 0.1) is 11.7 Å². The van der Waals surface area contributed by atoms with Gasteiger partial charge in [-0.25, -0.2) is 0 Å². The number of aliphatic hydroxyl groups is 2. The summed E-state index contributed by atoms with van der Waals surface area (Å²) in [6, 6.07) is 0. The fourth-order valence-electron chi connectivity index (χ4n) is 5.19. The van der Waals surface area contributed by atoms with Crippen molar-refractivity contribution in [2.24, 2.45) is 16.7 Å². The SMILES string of the molecule is CC12CC3CC(C)(C1)CC(O)(C2)C3O. The largest absolute Gasteiger partial charge is 0.390 e. The molecule has 0 saturated heterocycles. The van der Waals surface area contributed by atoms with Crippen LogP contribution >= 0.6 is 0 Å². The highest BCUT2D eigenvalue weighted by Gasteiger charge is 2.63. The zero-order valence-corrected chi connectivity index (χ0v) is 9.08. The van der Waals surface area contributed by atoms with Gasteiger partial charge in [-0.2, -0.15) is 0 Å². The standard InChI is InChI=1S/C12H20O2/c1-10-3-8-4-11(2,5-10)7-12(14,6-10)9(8)13/h8-9,13-14H,3-7H2,1-2H3. The molecule has 0 aliphatic heterocycles. The first-order valence-electron chi connectivity index (χ1n) is 5.75. The molecule has 4 bridgehead atoms. The molecule has 3 unspecified atom stereocenters. The Labute approximate surface area is 85.3 Å². The number of aliphatic hydroxyl groups excluding tert-OH is 1. The van der Waals surface area contributed by atoms with Gasteiger partial charge in [0.2, 0.25) is 0 Å². The predicted octanol–water partition coefficient (Wildman–Crippen LogP) is 1.70. The van der Waals surface area contributed by atoms with Gasteiger partial charge in [-0.05, 0) is 48.9 Å². The van der Waals surface area contributed by atoms with E-state index in [1.165, 1.54) is 6.42 Å². The van der Waals surface area contributed by atoms with Crippen molar-refractivity contribution >= 4 is 0 Å². The summed E-state index contributed by atoms with van der Waals surface area (Å²) in [7, 11) is 0. The van der Waals surface area contributed by atoms with Gasteiger partial charge in [0, 0.05) is 0 Å². The zero-order chi connectivity index (χ0) is 10.2. The second-order valence-electron chi connectivity index (χ2n) is 6.87. The Morgan fingerprint density at radius 2 is 1.50 bits per heavy atom. The third kappa shape index (κ3) is 0.989. The van der Waals surface area contributed by atoms with Gasteiger partial charge in [-0.1, -0.05) is 13.8 Å². The lowest BCUT2D eigenvalue weighted by molar-refractivity contribution is -0.250. The van der Waals surface area contributed by atoms with E-state index < -0.39 is 11.7 Å². The minimum atomic E-state index is -0.761. The molecule has 2 N–H and O–H groups in total. The van der Waals surface area contributed by atoms with Crippen LogP contribution in [-0.4, -0.2) is 21.9 Å². The molecule has 2 heteroatoms. The molecule has 0 radical (unpaired) electrons. The molecule has 0 aromatic rings. The summed E-state index contributed by atoms with van der Waals surface area (Å²) >= 11 is 0. The predicted molar refractivity (Wildman–Crippen MR) is 53.7 cm³/mol. The Balaban J connectivity index is 2.06. The first kappa shape index (κ1) is 9.17. The monoisotopic (exact) mass is 196 g/mol. The molecule has 0 aromatic carbocycles. The second kappa shape index (κ2) is 2.19. The molecule has 4 rings (SSSR count). The van der Waals surface area contributed by atoms with Gasteiger partial charge < -0.3 is 10.2 Å². The maximum absolute atomic E-state index is 10.5. The molecule has 4 aliphatic rings. The van der Waals surface area contributed by atoms with Crippen LogP contribution in [0.25, 0.3) is 0 Å². The molecule has 4 fully saturated rings. The topological polar surface area (TPSA) is 40.5 Å². The van der Waals surface area contributed by atoms with E-state index in [1.807, 2.05) is 0 Å². The summed E-state index contributed by atoms with van der Waals surface area (Å²) in [6.07, 6.45) is 4.65. The van der Waals surface area contributed by atoms with E-state index in [1.54, 1.807) is 0 Å². The normalized spacial score (nSPS) is 66.0. The van der Waals surface area contributed by atoms with E-state index in [2.05, 4.69) is 13.8 Å². The van der Waals surface area contributed by atoms with E-state index in [9.17, 15) is 10.2 Å². The Bertz CT molecular complexity index is 268. The highest BCUT2D eigenvalue weighted by Crippen LogP contribution is 2.66. The molecule has 80 valence electrons. The van der Waals surface area contributed by atoms with Crippen molar-refractivity contribution < 1.29 is 10.2 Å². The number of hydrogen-bond donors (Lipinski definition) is 2. The number of rotatable bonds is 0. The maximum Gasteiger partial charge on any atom is 0.0918 e. The van der Waals surface area contributed by atoms with Gasteiger partial charge >= 0.3 is 0 Å². The maximum atomic E-state index is 10.5. The van der Waals surface area contributed by atoms with Crippen molar-refractivity contribution in [1.82, 2.24) is 0 Å². The van der Waals surface area contributed by atoms with E-state index in [-0.39, 0.29) is 0 Å². The fraction of sp³-hybridized carbons (Fsp3) is 1.00. The molecule has 14 heavy (non-hydrogen) atoms. The fourth-order valence-corrected chi connectivity index (χ4v) is 5.19. The van der Waals surface area contributed by atoms with Crippen LogP contribution in [0.1, 0.15) is 46.0 Å². The highest BCUT2D eigenvalue weighted by atomic mass is 16.3.